The van der Waals surface area contributed by atoms with Gasteiger partial charge < -0.3 is 14.4 Å². The van der Waals surface area contributed by atoms with Crippen LogP contribution in [0.3, 0.4) is 0 Å². The van der Waals surface area contributed by atoms with Gasteiger partial charge in [-0.05, 0) is 5.57 Å². The van der Waals surface area contributed by atoms with Crippen molar-refractivity contribution in [1.29, 1.82) is 0 Å². The number of rotatable bonds is 2. The molecule has 1 amide bonds. The molecule has 1 saturated heterocycles. The number of hydrogen-bond acceptors (Lipinski definition) is 5. The summed E-state index contributed by atoms with van der Waals surface area (Å²) in [7, 11) is 2.57. The summed E-state index contributed by atoms with van der Waals surface area (Å²) in [5.74, 6) is -1.74. The van der Waals surface area contributed by atoms with Crippen molar-refractivity contribution in [3.05, 3.63) is 23.8 Å². The highest BCUT2D eigenvalue weighted by Crippen LogP contribution is 2.43. The quantitative estimate of drug-likeness (QED) is 0.433. The average molecular weight is 307 g/mol. The summed E-state index contributed by atoms with van der Waals surface area (Å²) in [6.07, 6.45) is 4.95. The highest BCUT2D eigenvalue weighted by Gasteiger charge is 2.54. The van der Waals surface area contributed by atoms with Crippen LogP contribution >= 0.6 is 0 Å². The number of methoxy groups -OCH3 is 2. The third kappa shape index (κ3) is 2.53. The van der Waals surface area contributed by atoms with Gasteiger partial charge in [0.05, 0.1) is 26.3 Å². The maximum atomic E-state index is 12.7. The van der Waals surface area contributed by atoms with Crippen molar-refractivity contribution < 1.29 is 23.9 Å². The van der Waals surface area contributed by atoms with Crippen LogP contribution in [0, 0.1) is 11.3 Å². The van der Waals surface area contributed by atoms with E-state index in [1.165, 1.54) is 20.3 Å². The van der Waals surface area contributed by atoms with Crippen molar-refractivity contribution >= 4 is 17.8 Å². The molecule has 0 radical (unpaired) electrons. The van der Waals surface area contributed by atoms with Gasteiger partial charge in [0, 0.05) is 11.5 Å². The Balaban J connectivity index is 2.45. The molecular weight excluding hydrogens is 286 g/mol. The Bertz CT molecular complexity index is 570. The van der Waals surface area contributed by atoms with Crippen molar-refractivity contribution in [2.75, 3.05) is 14.2 Å². The zero-order valence-corrected chi connectivity index (χ0v) is 13.5. The third-order valence-corrected chi connectivity index (χ3v) is 3.97. The fourth-order valence-electron chi connectivity index (χ4n) is 2.94. The number of fused-ring (bicyclic) bond motifs is 2. The minimum atomic E-state index is -0.662. The maximum absolute atomic E-state index is 12.7. The molecule has 22 heavy (non-hydrogen) atoms. The number of ether oxygens (including phenoxy) is 2. The first-order chi connectivity index (χ1) is 10.2. The van der Waals surface area contributed by atoms with Gasteiger partial charge in [-0.25, -0.2) is 4.79 Å². The normalized spacial score (nSPS) is 28.1. The van der Waals surface area contributed by atoms with Crippen LogP contribution in [0.1, 0.15) is 20.8 Å². The predicted molar refractivity (Wildman–Crippen MR) is 78.6 cm³/mol. The van der Waals surface area contributed by atoms with E-state index in [1.807, 2.05) is 32.9 Å². The highest BCUT2D eigenvalue weighted by molar-refractivity contribution is 5.91. The molecule has 0 saturated carbocycles. The van der Waals surface area contributed by atoms with Crippen molar-refractivity contribution in [2.24, 2.45) is 11.3 Å². The van der Waals surface area contributed by atoms with Crippen LogP contribution in [0.25, 0.3) is 0 Å². The van der Waals surface area contributed by atoms with Crippen LogP contribution in [0.15, 0.2) is 23.8 Å². The molecule has 0 N–H and O–H groups in total. The van der Waals surface area contributed by atoms with Gasteiger partial charge in [0.15, 0.2) is 0 Å². The summed E-state index contributed by atoms with van der Waals surface area (Å²) in [5, 5.41) is 0. The molecule has 3 atom stereocenters. The van der Waals surface area contributed by atoms with Crippen LogP contribution in [0.2, 0.25) is 0 Å². The van der Waals surface area contributed by atoms with E-state index >= 15 is 0 Å². The standard InChI is InChI=1S/C16H21NO5/c1-16(2,3)15(20)17-10-6-7-11(17)13(14(19)22-5)9(10)8-12(18)21-4/h6-8,10-11,13H,1-5H3/b9-8+/t10-,11+,13+/m1/s1. The summed E-state index contributed by atoms with van der Waals surface area (Å²) in [6.45, 7) is 5.47. The molecule has 2 rings (SSSR count). The van der Waals surface area contributed by atoms with Crippen LogP contribution in [0.5, 0.6) is 0 Å². The molecule has 6 nitrogen and oxygen atoms in total. The number of hydrogen-bond donors (Lipinski definition) is 0. The van der Waals surface area contributed by atoms with Crippen LogP contribution in [0.4, 0.5) is 0 Å². The van der Waals surface area contributed by atoms with E-state index in [1.54, 1.807) is 4.90 Å². The fourth-order valence-corrected chi connectivity index (χ4v) is 2.94. The second-order valence-electron chi connectivity index (χ2n) is 6.45. The largest absolute Gasteiger partial charge is 0.468 e. The van der Waals surface area contributed by atoms with E-state index in [9.17, 15) is 14.4 Å². The Morgan fingerprint density at radius 2 is 1.77 bits per heavy atom. The highest BCUT2D eigenvalue weighted by atomic mass is 16.5. The first-order valence-corrected chi connectivity index (χ1v) is 7.10. The van der Waals surface area contributed by atoms with Gasteiger partial charge in [-0.2, -0.15) is 0 Å². The zero-order valence-electron chi connectivity index (χ0n) is 13.5. The summed E-state index contributed by atoms with van der Waals surface area (Å²) in [5.41, 5.74) is -0.0343. The number of carbonyl (C=O) groups excluding carboxylic acids is 3. The number of nitrogens with zero attached hydrogens (tertiary/aromatic N) is 1. The van der Waals surface area contributed by atoms with Crippen LogP contribution in [-0.4, -0.2) is 49.0 Å². The van der Waals surface area contributed by atoms with Gasteiger partial charge in [-0.3, -0.25) is 9.59 Å². The number of carbonyl (C=O) groups is 3. The molecule has 2 aliphatic rings. The van der Waals surface area contributed by atoms with Crippen molar-refractivity contribution in [3.8, 4) is 0 Å². The molecule has 0 aliphatic carbocycles. The van der Waals surface area contributed by atoms with Crippen LogP contribution in [-0.2, 0) is 23.9 Å². The monoisotopic (exact) mass is 307 g/mol. The second kappa shape index (κ2) is 5.59. The second-order valence-corrected chi connectivity index (χ2v) is 6.45. The van der Waals surface area contributed by atoms with Gasteiger partial charge >= 0.3 is 11.9 Å². The Morgan fingerprint density at radius 1 is 1.14 bits per heavy atom. The smallest absolute Gasteiger partial charge is 0.330 e. The minimum absolute atomic E-state index is 0.0744. The molecule has 0 aromatic carbocycles. The minimum Gasteiger partial charge on any atom is -0.468 e. The topological polar surface area (TPSA) is 72.9 Å². The number of amides is 1. The lowest BCUT2D eigenvalue weighted by atomic mass is 9.88. The lowest BCUT2D eigenvalue weighted by Gasteiger charge is -2.30. The Labute approximate surface area is 129 Å². The van der Waals surface area contributed by atoms with Crippen LogP contribution < -0.4 is 0 Å². The molecule has 0 spiro atoms. The first-order valence-electron chi connectivity index (χ1n) is 7.10. The molecule has 120 valence electrons. The SMILES string of the molecule is COC(=O)/C=C1\[C@H]2C=C[C@@H]([C@H]1C(=O)OC)N2C(=O)C(C)(C)C. The lowest BCUT2D eigenvalue weighted by Crippen LogP contribution is -2.44. The number of esters is 2. The van der Waals surface area contributed by atoms with Gasteiger partial charge in [0.2, 0.25) is 5.91 Å². The van der Waals surface area contributed by atoms with E-state index in [0.717, 1.165) is 0 Å². The van der Waals surface area contributed by atoms with E-state index in [-0.39, 0.29) is 5.91 Å². The molecule has 2 heterocycles. The molecule has 0 aromatic rings. The van der Waals surface area contributed by atoms with Gasteiger partial charge in [-0.15, -0.1) is 0 Å². The molecule has 2 aliphatic heterocycles. The van der Waals surface area contributed by atoms with E-state index in [4.69, 9.17) is 4.74 Å². The van der Waals surface area contributed by atoms with Crippen molar-refractivity contribution in [1.82, 2.24) is 4.90 Å². The molecule has 2 bridgehead atoms. The van der Waals surface area contributed by atoms with E-state index < -0.39 is 35.4 Å². The van der Waals surface area contributed by atoms with Gasteiger partial charge in [0.25, 0.3) is 0 Å². The fraction of sp³-hybridized carbons (Fsp3) is 0.562. The van der Waals surface area contributed by atoms with E-state index in [2.05, 4.69) is 4.74 Å². The molecule has 0 aromatic heterocycles. The molecular formula is C16H21NO5. The predicted octanol–water partition coefficient (Wildman–Crippen LogP) is 1.07. The maximum Gasteiger partial charge on any atom is 0.330 e. The van der Waals surface area contributed by atoms with E-state index in [0.29, 0.717) is 5.57 Å². The molecule has 1 fully saturated rings. The third-order valence-electron chi connectivity index (χ3n) is 3.97. The van der Waals surface area contributed by atoms with Crippen molar-refractivity contribution in [3.63, 3.8) is 0 Å². The molecule has 6 heteroatoms. The lowest BCUT2D eigenvalue weighted by molar-refractivity contribution is -0.146. The first kappa shape index (κ1) is 16.3. The summed E-state index contributed by atoms with van der Waals surface area (Å²) in [4.78, 5) is 38.0. The Kier molecular flexibility index (Phi) is 4.13. The van der Waals surface area contributed by atoms with Gasteiger partial charge in [-0.1, -0.05) is 32.9 Å². The Morgan fingerprint density at radius 3 is 2.27 bits per heavy atom. The summed E-state index contributed by atoms with van der Waals surface area (Å²) < 4.78 is 9.49. The zero-order chi connectivity index (χ0) is 16.7. The summed E-state index contributed by atoms with van der Waals surface area (Å²) in [6, 6.07) is -0.819. The average Bonchev–Trinajstić information content (AvgIpc) is 3.00. The molecule has 0 unspecified atom stereocenters. The van der Waals surface area contributed by atoms with Crippen molar-refractivity contribution in [2.45, 2.75) is 32.9 Å². The Hall–Kier alpha value is -2.11. The van der Waals surface area contributed by atoms with Gasteiger partial charge in [0.1, 0.15) is 5.92 Å². The summed E-state index contributed by atoms with van der Waals surface area (Å²) >= 11 is 0.